The van der Waals surface area contributed by atoms with Crippen molar-refractivity contribution in [3.63, 3.8) is 0 Å². The van der Waals surface area contributed by atoms with Gasteiger partial charge in [0.15, 0.2) is 5.69 Å². The third-order valence-corrected chi connectivity index (χ3v) is 5.09. The van der Waals surface area contributed by atoms with Crippen molar-refractivity contribution in [2.75, 3.05) is 19.0 Å². The number of fused-ring (bicyclic) bond motifs is 1. The van der Waals surface area contributed by atoms with Crippen molar-refractivity contribution in [1.29, 1.82) is 0 Å². The molecule has 2 amide bonds. The minimum absolute atomic E-state index is 0.0246. The molecule has 0 saturated heterocycles. The van der Waals surface area contributed by atoms with Crippen LogP contribution in [0, 0.1) is 0 Å². The summed E-state index contributed by atoms with van der Waals surface area (Å²) in [5, 5.41) is 10.7. The van der Waals surface area contributed by atoms with Gasteiger partial charge in [0.25, 0.3) is 11.5 Å². The molecule has 9 heteroatoms. The summed E-state index contributed by atoms with van der Waals surface area (Å²) in [5.41, 5.74) is 0.639. The van der Waals surface area contributed by atoms with Crippen molar-refractivity contribution in [3.8, 4) is 11.4 Å². The molecule has 166 valence electrons. The lowest BCUT2D eigenvalue weighted by Gasteiger charge is -2.12. The van der Waals surface area contributed by atoms with E-state index in [0.29, 0.717) is 32.9 Å². The van der Waals surface area contributed by atoms with Gasteiger partial charge in [-0.3, -0.25) is 14.4 Å². The van der Waals surface area contributed by atoms with Crippen molar-refractivity contribution in [1.82, 2.24) is 15.1 Å². The lowest BCUT2D eigenvalue weighted by Crippen LogP contribution is -2.35. The van der Waals surface area contributed by atoms with E-state index in [0.717, 1.165) is 4.68 Å². The van der Waals surface area contributed by atoms with Crippen LogP contribution in [0.15, 0.2) is 77.6 Å². The van der Waals surface area contributed by atoms with Crippen LogP contribution in [0.5, 0.6) is 5.75 Å². The zero-order chi connectivity index (χ0) is 23.4. The molecule has 0 atom stereocenters. The SMILES string of the molecule is COc1ccc(-n2nc(C(=O)NCC(=O)Nc3cccc(Cl)c3)c3ccccc3c2=O)cc1. The number of nitrogens with zero attached hydrogens (tertiary/aromatic N) is 2. The maximum absolute atomic E-state index is 13.0. The highest BCUT2D eigenvalue weighted by Crippen LogP contribution is 2.18. The number of halogens is 1. The van der Waals surface area contributed by atoms with Gasteiger partial charge < -0.3 is 15.4 Å². The van der Waals surface area contributed by atoms with Crippen molar-refractivity contribution in [2.45, 2.75) is 0 Å². The Kier molecular flexibility index (Phi) is 6.37. The van der Waals surface area contributed by atoms with Gasteiger partial charge in [-0.15, -0.1) is 0 Å². The van der Waals surface area contributed by atoms with Gasteiger partial charge >= 0.3 is 0 Å². The quantitative estimate of drug-likeness (QED) is 0.457. The number of rotatable bonds is 6. The van der Waals surface area contributed by atoms with Gasteiger partial charge in [-0.2, -0.15) is 9.78 Å². The number of hydrogen-bond donors (Lipinski definition) is 2. The lowest BCUT2D eigenvalue weighted by atomic mass is 10.1. The van der Waals surface area contributed by atoms with Crippen LogP contribution < -0.4 is 20.9 Å². The number of hydrogen-bond acceptors (Lipinski definition) is 5. The van der Waals surface area contributed by atoms with Crippen LogP contribution in [-0.4, -0.2) is 35.2 Å². The molecule has 0 unspecified atom stereocenters. The summed E-state index contributed by atoms with van der Waals surface area (Å²) < 4.78 is 6.31. The molecule has 0 radical (unpaired) electrons. The molecule has 0 aliphatic heterocycles. The summed E-state index contributed by atoms with van der Waals surface area (Å²) in [6, 6.07) is 20.1. The molecule has 4 rings (SSSR count). The molecule has 8 nitrogen and oxygen atoms in total. The van der Waals surface area contributed by atoms with E-state index in [-0.39, 0.29) is 17.8 Å². The van der Waals surface area contributed by atoms with Gasteiger partial charge in [0.05, 0.1) is 24.7 Å². The first-order chi connectivity index (χ1) is 16.0. The number of carbonyl (C=O) groups excluding carboxylic acids is 2. The zero-order valence-corrected chi connectivity index (χ0v) is 18.3. The molecule has 0 saturated carbocycles. The summed E-state index contributed by atoms with van der Waals surface area (Å²) in [7, 11) is 1.54. The summed E-state index contributed by atoms with van der Waals surface area (Å²) in [5.74, 6) is -0.399. The Morgan fingerprint density at radius 2 is 1.73 bits per heavy atom. The van der Waals surface area contributed by atoms with E-state index in [9.17, 15) is 14.4 Å². The number of anilines is 1. The Balaban J connectivity index is 1.62. The highest BCUT2D eigenvalue weighted by atomic mass is 35.5. The zero-order valence-electron chi connectivity index (χ0n) is 17.5. The van der Waals surface area contributed by atoms with Crippen LogP contribution in [0.3, 0.4) is 0 Å². The van der Waals surface area contributed by atoms with Gasteiger partial charge in [0.2, 0.25) is 5.91 Å². The Bertz CT molecular complexity index is 1400. The summed E-state index contributed by atoms with van der Waals surface area (Å²) >= 11 is 5.92. The fourth-order valence-electron chi connectivity index (χ4n) is 3.27. The van der Waals surface area contributed by atoms with Gasteiger partial charge in [-0.25, -0.2) is 0 Å². The first-order valence-corrected chi connectivity index (χ1v) is 10.3. The number of amides is 2. The molecular formula is C24H19ClN4O4. The predicted molar refractivity (Wildman–Crippen MR) is 126 cm³/mol. The molecule has 0 bridgehead atoms. The molecule has 0 spiro atoms. The summed E-state index contributed by atoms with van der Waals surface area (Å²) in [4.78, 5) is 38.2. The fraction of sp³-hybridized carbons (Fsp3) is 0.0833. The van der Waals surface area contributed by atoms with E-state index in [1.54, 1.807) is 79.9 Å². The van der Waals surface area contributed by atoms with Gasteiger partial charge in [0, 0.05) is 16.1 Å². The van der Waals surface area contributed by atoms with E-state index in [1.165, 1.54) is 0 Å². The molecule has 33 heavy (non-hydrogen) atoms. The van der Waals surface area contributed by atoms with Crippen LogP contribution >= 0.6 is 11.6 Å². The third kappa shape index (κ3) is 4.86. The van der Waals surface area contributed by atoms with Crippen molar-refractivity contribution in [2.24, 2.45) is 0 Å². The van der Waals surface area contributed by atoms with E-state index < -0.39 is 11.8 Å². The number of carbonyl (C=O) groups is 2. The number of aromatic nitrogens is 2. The first kappa shape index (κ1) is 22.0. The molecular weight excluding hydrogens is 444 g/mol. The summed E-state index contributed by atoms with van der Waals surface area (Å²) in [6.07, 6.45) is 0. The molecule has 1 heterocycles. The number of ether oxygens (including phenoxy) is 1. The largest absolute Gasteiger partial charge is 0.497 e. The average Bonchev–Trinajstić information content (AvgIpc) is 2.83. The van der Waals surface area contributed by atoms with Crippen LogP contribution in [-0.2, 0) is 4.79 Å². The maximum Gasteiger partial charge on any atom is 0.279 e. The van der Waals surface area contributed by atoms with Gasteiger partial charge in [0.1, 0.15) is 5.75 Å². The van der Waals surface area contributed by atoms with Crippen LogP contribution in [0.1, 0.15) is 10.5 Å². The molecule has 0 fully saturated rings. The standard InChI is InChI=1S/C24H19ClN4O4/c1-33-18-11-9-17(10-12-18)29-24(32)20-8-3-2-7-19(20)22(28-29)23(31)26-14-21(30)27-16-6-4-5-15(25)13-16/h2-13H,14H2,1H3,(H,26,31)(H,27,30). The van der Waals surface area contributed by atoms with Crippen molar-refractivity contribution < 1.29 is 14.3 Å². The molecule has 4 aromatic rings. The van der Waals surface area contributed by atoms with Crippen molar-refractivity contribution in [3.05, 3.63) is 93.9 Å². The van der Waals surface area contributed by atoms with E-state index in [1.807, 2.05) is 0 Å². The van der Waals surface area contributed by atoms with E-state index in [2.05, 4.69) is 15.7 Å². The minimum atomic E-state index is -0.588. The van der Waals surface area contributed by atoms with E-state index >= 15 is 0 Å². The maximum atomic E-state index is 13.0. The van der Waals surface area contributed by atoms with Gasteiger partial charge in [-0.1, -0.05) is 35.9 Å². The Morgan fingerprint density at radius 1 is 1.00 bits per heavy atom. The van der Waals surface area contributed by atoms with Crippen molar-refractivity contribution >= 4 is 39.9 Å². The van der Waals surface area contributed by atoms with Crippen LogP contribution in [0.25, 0.3) is 16.5 Å². The lowest BCUT2D eigenvalue weighted by molar-refractivity contribution is -0.115. The Labute approximate surface area is 193 Å². The monoisotopic (exact) mass is 462 g/mol. The number of nitrogens with one attached hydrogen (secondary N) is 2. The average molecular weight is 463 g/mol. The minimum Gasteiger partial charge on any atom is -0.497 e. The van der Waals surface area contributed by atoms with Crippen LogP contribution in [0.4, 0.5) is 5.69 Å². The molecule has 0 aliphatic carbocycles. The molecule has 2 N–H and O–H groups in total. The second-order valence-corrected chi connectivity index (χ2v) is 7.49. The highest BCUT2D eigenvalue weighted by Gasteiger charge is 2.18. The topological polar surface area (TPSA) is 102 Å². The molecule has 1 aromatic heterocycles. The second-order valence-electron chi connectivity index (χ2n) is 7.05. The fourth-order valence-corrected chi connectivity index (χ4v) is 3.46. The van der Waals surface area contributed by atoms with Gasteiger partial charge in [-0.05, 0) is 48.5 Å². The normalized spacial score (nSPS) is 10.6. The van der Waals surface area contributed by atoms with Crippen LogP contribution in [0.2, 0.25) is 5.02 Å². The number of benzene rings is 3. The Hall–Kier alpha value is -4.17. The second kappa shape index (κ2) is 9.54. The number of methoxy groups -OCH3 is 1. The highest BCUT2D eigenvalue weighted by molar-refractivity contribution is 6.30. The smallest absolute Gasteiger partial charge is 0.279 e. The Morgan fingerprint density at radius 3 is 2.42 bits per heavy atom. The predicted octanol–water partition coefficient (Wildman–Crippen LogP) is 3.42. The molecule has 3 aromatic carbocycles. The third-order valence-electron chi connectivity index (χ3n) is 4.85. The summed E-state index contributed by atoms with van der Waals surface area (Å²) in [6.45, 7) is -0.289. The first-order valence-electron chi connectivity index (χ1n) is 9.96. The molecule has 0 aliphatic rings. The van der Waals surface area contributed by atoms with E-state index in [4.69, 9.17) is 16.3 Å².